The van der Waals surface area contributed by atoms with E-state index in [1.54, 1.807) is 19.7 Å². The largest absolute Gasteiger partial charge is 0.354 e. The summed E-state index contributed by atoms with van der Waals surface area (Å²) in [7, 11) is 6.26. The van der Waals surface area contributed by atoms with E-state index in [1.807, 2.05) is 13.8 Å². The van der Waals surface area contributed by atoms with E-state index >= 15 is 0 Å². The van der Waals surface area contributed by atoms with Crippen molar-refractivity contribution in [2.75, 3.05) is 59.7 Å². The van der Waals surface area contributed by atoms with E-state index in [-0.39, 0.29) is 0 Å². The number of aromatic nitrogens is 6. The molecule has 174 valence electrons. The first-order valence-electron chi connectivity index (χ1n) is 10.9. The van der Waals surface area contributed by atoms with Crippen LogP contribution >= 0.6 is 41.2 Å². The molecule has 0 unspecified atom stereocenters. The molecular formula is C18H28N10S4. The van der Waals surface area contributed by atoms with Crippen LogP contribution in [0.3, 0.4) is 0 Å². The molecule has 0 saturated carbocycles. The van der Waals surface area contributed by atoms with Crippen LogP contribution in [0.15, 0.2) is 10.3 Å². The normalized spacial score (nSPS) is 16.1. The van der Waals surface area contributed by atoms with Gasteiger partial charge in [0.05, 0.1) is 0 Å². The molecule has 2 saturated heterocycles. The summed E-state index contributed by atoms with van der Waals surface area (Å²) in [6.07, 6.45) is 4.75. The molecule has 0 aliphatic carbocycles. The second-order valence-electron chi connectivity index (χ2n) is 7.23. The number of nitrogens with one attached hydrogen (secondary N) is 2. The van der Waals surface area contributed by atoms with Crippen LogP contribution in [-0.2, 0) is 0 Å². The molecule has 2 aromatic heterocycles. The first-order valence-corrected chi connectivity index (χ1v) is 15.7. The third-order valence-electron chi connectivity index (χ3n) is 4.90. The quantitative estimate of drug-likeness (QED) is 0.331. The van der Waals surface area contributed by atoms with Crippen molar-refractivity contribution in [2.24, 2.45) is 0 Å². The second kappa shape index (κ2) is 12.2. The van der Waals surface area contributed by atoms with Gasteiger partial charge in [0.15, 0.2) is 0 Å². The van der Waals surface area contributed by atoms with Gasteiger partial charge in [-0.05, 0) is 80.8 Å². The molecule has 0 spiro atoms. The van der Waals surface area contributed by atoms with E-state index in [0.717, 1.165) is 51.2 Å². The van der Waals surface area contributed by atoms with Crippen LogP contribution in [0.25, 0.3) is 0 Å². The van der Waals surface area contributed by atoms with Gasteiger partial charge in [-0.15, -0.1) is 0 Å². The van der Waals surface area contributed by atoms with E-state index in [2.05, 4.69) is 50.3 Å². The van der Waals surface area contributed by atoms with Crippen LogP contribution < -0.4 is 20.4 Å². The molecule has 0 amide bonds. The molecule has 32 heavy (non-hydrogen) atoms. The zero-order chi connectivity index (χ0) is 22.2. The van der Waals surface area contributed by atoms with Crippen molar-refractivity contribution in [2.45, 2.75) is 49.8 Å². The standard InChI is InChI=1S/C18H28N10S4/c1-3-19-13-21-15(27-9-5-6-10-27)25-17(23-13)29-31-32-30-18-24-14(20-4-2)22-16(26-18)28-11-7-8-12-28/h3-12H2,1-2H3,(H,19,21,23,25)(H,20,22,24,26). The molecule has 0 aromatic carbocycles. The Labute approximate surface area is 203 Å². The van der Waals surface area contributed by atoms with Gasteiger partial charge in [-0.25, -0.2) is 0 Å². The van der Waals surface area contributed by atoms with Gasteiger partial charge in [0, 0.05) is 39.3 Å². The molecule has 0 radical (unpaired) electrons. The van der Waals surface area contributed by atoms with Crippen molar-refractivity contribution < 1.29 is 0 Å². The zero-order valence-electron chi connectivity index (χ0n) is 18.3. The summed E-state index contributed by atoms with van der Waals surface area (Å²) in [5.41, 5.74) is 0. The Balaban J connectivity index is 1.37. The van der Waals surface area contributed by atoms with Crippen LogP contribution in [0.5, 0.6) is 0 Å². The Kier molecular flexibility index (Phi) is 9.05. The molecule has 0 bridgehead atoms. The van der Waals surface area contributed by atoms with Crippen LogP contribution in [0.2, 0.25) is 0 Å². The topological polar surface area (TPSA) is 108 Å². The molecule has 2 aliphatic rings. The molecule has 0 atom stereocenters. The van der Waals surface area contributed by atoms with Gasteiger partial charge < -0.3 is 20.4 Å². The Hall–Kier alpha value is -1.38. The highest BCUT2D eigenvalue weighted by atomic mass is 33.7. The van der Waals surface area contributed by atoms with Gasteiger partial charge in [-0.2, -0.15) is 29.9 Å². The molecule has 4 rings (SSSR count). The van der Waals surface area contributed by atoms with E-state index < -0.39 is 0 Å². The lowest BCUT2D eigenvalue weighted by molar-refractivity contribution is 0.828. The summed E-state index contributed by atoms with van der Waals surface area (Å²) in [4.78, 5) is 32.0. The van der Waals surface area contributed by atoms with Crippen LogP contribution in [0.1, 0.15) is 39.5 Å². The minimum absolute atomic E-state index is 0.633. The minimum atomic E-state index is 0.633. The van der Waals surface area contributed by atoms with E-state index in [4.69, 9.17) is 0 Å². The van der Waals surface area contributed by atoms with Gasteiger partial charge in [0.2, 0.25) is 34.1 Å². The molecular weight excluding hydrogens is 485 g/mol. The number of hydrogen-bond donors (Lipinski definition) is 2. The van der Waals surface area contributed by atoms with Crippen molar-refractivity contribution in [1.29, 1.82) is 0 Å². The van der Waals surface area contributed by atoms with Gasteiger partial charge in [0.25, 0.3) is 0 Å². The Morgan fingerprint density at radius 2 is 1.03 bits per heavy atom. The van der Waals surface area contributed by atoms with Gasteiger partial charge in [0.1, 0.15) is 0 Å². The van der Waals surface area contributed by atoms with Crippen molar-refractivity contribution in [3.05, 3.63) is 0 Å². The minimum Gasteiger partial charge on any atom is -0.354 e. The predicted molar refractivity (Wildman–Crippen MR) is 138 cm³/mol. The first-order chi connectivity index (χ1) is 15.7. The number of hydrogen-bond acceptors (Lipinski definition) is 14. The number of nitrogens with zero attached hydrogens (tertiary/aromatic N) is 8. The highest BCUT2D eigenvalue weighted by molar-refractivity contribution is 9.26. The monoisotopic (exact) mass is 512 g/mol. The smallest absolute Gasteiger partial charge is 0.231 e. The van der Waals surface area contributed by atoms with Gasteiger partial charge in [-0.3, -0.25) is 0 Å². The van der Waals surface area contributed by atoms with Crippen LogP contribution in [0, 0.1) is 0 Å². The second-order valence-corrected chi connectivity index (χ2v) is 12.8. The summed E-state index contributed by atoms with van der Waals surface area (Å²) in [5, 5.41) is 7.85. The van der Waals surface area contributed by atoms with Gasteiger partial charge in [-0.1, -0.05) is 0 Å². The summed E-state index contributed by atoms with van der Waals surface area (Å²) in [5.74, 6) is 2.79. The Morgan fingerprint density at radius 1 is 0.625 bits per heavy atom. The van der Waals surface area contributed by atoms with Crippen molar-refractivity contribution in [1.82, 2.24) is 29.9 Å². The highest BCUT2D eigenvalue weighted by Gasteiger charge is 2.19. The number of anilines is 4. The van der Waals surface area contributed by atoms with E-state index in [1.165, 1.54) is 47.3 Å². The molecule has 4 heterocycles. The summed E-state index contributed by atoms with van der Waals surface area (Å²) < 4.78 is 0. The molecule has 2 aliphatic heterocycles. The average molecular weight is 513 g/mol. The highest BCUT2D eigenvalue weighted by Crippen LogP contribution is 2.48. The van der Waals surface area contributed by atoms with E-state index in [9.17, 15) is 0 Å². The fourth-order valence-corrected chi connectivity index (χ4v) is 8.18. The maximum atomic E-state index is 4.67. The number of rotatable bonds is 11. The lowest BCUT2D eigenvalue weighted by atomic mass is 10.4. The van der Waals surface area contributed by atoms with Crippen molar-refractivity contribution >= 4 is 65.0 Å². The van der Waals surface area contributed by atoms with E-state index in [0.29, 0.717) is 22.2 Å². The van der Waals surface area contributed by atoms with Gasteiger partial charge >= 0.3 is 0 Å². The fourth-order valence-electron chi connectivity index (χ4n) is 3.45. The maximum absolute atomic E-state index is 4.67. The fraction of sp³-hybridized carbons (Fsp3) is 0.667. The Morgan fingerprint density at radius 3 is 1.41 bits per heavy atom. The van der Waals surface area contributed by atoms with Crippen molar-refractivity contribution in [3.63, 3.8) is 0 Å². The maximum Gasteiger partial charge on any atom is 0.231 e. The third kappa shape index (κ3) is 6.58. The van der Waals surface area contributed by atoms with Crippen LogP contribution in [0.4, 0.5) is 23.8 Å². The summed E-state index contributed by atoms with van der Waals surface area (Å²) in [6, 6.07) is 0. The average Bonchev–Trinajstić information content (AvgIpc) is 3.52. The molecule has 14 heteroatoms. The summed E-state index contributed by atoms with van der Waals surface area (Å²) >= 11 is 0. The first kappa shape index (κ1) is 23.8. The molecule has 10 nitrogen and oxygen atoms in total. The van der Waals surface area contributed by atoms with Crippen LogP contribution in [-0.4, -0.2) is 69.2 Å². The lowest BCUT2D eigenvalue weighted by Crippen LogP contribution is -2.21. The summed E-state index contributed by atoms with van der Waals surface area (Å²) in [6.45, 7) is 9.65. The Bertz CT molecular complexity index is 805. The lowest BCUT2D eigenvalue weighted by Gasteiger charge is -2.16. The molecule has 2 N–H and O–H groups in total. The molecule has 2 fully saturated rings. The predicted octanol–water partition coefficient (Wildman–Crippen LogP) is 4.22. The zero-order valence-corrected chi connectivity index (χ0v) is 21.5. The molecule has 2 aromatic rings. The van der Waals surface area contributed by atoms with Crippen molar-refractivity contribution in [3.8, 4) is 0 Å². The SMILES string of the molecule is CCNc1nc(SSSSc2nc(NCC)nc(N3CCCC3)n2)nc(N2CCCC2)n1. The third-order valence-corrected chi connectivity index (χ3v) is 10.4.